The molecule has 2 aromatic rings. The number of rotatable bonds is 4. The summed E-state index contributed by atoms with van der Waals surface area (Å²) in [5.74, 6) is -0.769. The van der Waals surface area contributed by atoms with Crippen LogP contribution in [0.25, 0.3) is 0 Å². The maximum atomic E-state index is 13.1. The number of nitrogens with one attached hydrogen (secondary N) is 1. The molecule has 2 rings (SSSR count). The predicted octanol–water partition coefficient (Wildman–Crippen LogP) is 2.47. The summed E-state index contributed by atoms with van der Waals surface area (Å²) in [4.78, 5) is 12.3. The molecule has 0 aromatic heterocycles. The van der Waals surface area contributed by atoms with Crippen molar-refractivity contribution in [2.24, 2.45) is 0 Å². The van der Waals surface area contributed by atoms with Crippen molar-refractivity contribution in [1.29, 1.82) is 0 Å². The normalized spacial score (nSPS) is 11.2. The van der Waals surface area contributed by atoms with Gasteiger partial charge >= 0.3 is 0 Å². The van der Waals surface area contributed by atoms with E-state index in [4.69, 9.17) is 0 Å². The lowest BCUT2D eigenvalue weighted by molar-refractivity contribution is 0.0950. The maximum absolute atomic E-state index is 13.1. The highest BCUT2D eigenvalue weighted by Gasteiger charge is 2.14. The molecule has 0 saturated heterocycles. The van der Waals surface area contributed by atoms with Gasteiger partial charge in [-0.25, -0.2) is 12.8 Å². The van der Waals surface area contributed by atoms with Crippen molar-refractivity contribution in [2.75, 3.05) is 6.26 Å². The summed E-state index contributed by atoms with van der Waals surface area (Å²) in [5.41, 5.74) is 1.59. The van der Waals surface area contributed by atoms with E-state index in [0.717, 1.165) is 6.26 Å². The van der Waals surface area contributed by atoms with Crippen LogP contribution in [0.5, 0.6) is 0 Å². The molecule has 0 heterocycles. The van der Waals surface area contributed by atoms with E-state index >= 15 is 0 Å². The topological polar surface area (TPSA) is 63.2 Å². The highest BCUT2D eigenvalue weighted by Crippen LogP contribution is 2.16. The molecule has 0 spiro atoms. The molecule has 0 atom stereocenters. The van der Waals surface area contributed by atoms with Gasteiger partial charge in [-0.1, -0.05) is 18.2 Å². The van der Waals surface area contributed by atoms with Crippen LogP contribution in [-0.4, -0.2) is 20.6 Å². The number of aryl methyl sites for hydroxylation is 1. The molecule has 0 aliphatic carbocycles. The SMILES string of the molecule is Cc1ccc(S(C)(=O)=O)cc1C(=O)NCc1cccc(F)c1. The minimum Gasteiger partial charge on any atom is -0.348 e. The van der Waals surface area contributed by atoms with Crippen molar-refractivity contribution < 1.29 is 17.6 Å². The third kappa shape index (κ3) is 3.92. The van der Waals surface area contributed by atoms with Gasteiger partial charge in [0.15, 0.2) is 9.84 Å². The average molecular weight is 321 g/mol. The van der Waals surface area contributed by atoms with Gasteiger partial charge in [0.05, 0.1) is 4.90 Å². The van der Waals surface area contributed by atoms with E-state index in [-0.39, 0.29) is 17.3 Å². The lowest BCUT2D eigenvalue weighted by Crippen LogP contribution is -2.24. The van der Waals surface area contributed by atoms with Crippen LogP contribution in [0, 0.1) is 12.7 Å². The number of hydrogen-bond acceptors (Lipinski definition) is 3. The first-order valence-corrected chi connectivity index (χ1v) is 8.50. The van der Waals surface area contributed by atoms with Crippen LogP contribution in [0.4, 0.5) is 4.39 Å². The quantitative estimate of drug-likeness (QED) is 0.941. The second-order valence-electron chi connectivity index (χ2n) is 5.06. The van der Waals surface area contributed by atoms with Gasteiger partial charge in [0.2, 0.25) is 0 Å². The molecular formula is C16H16FNO3S. The maximum Gasteiger partial charge on any atom is 0.251 e. The standard InChI is InChI=1S/C16H16FNO3S/c1-11-6-7-14(22(2,20)21)9-15(11)16(19)18-10-12-4-3-5-13(17)8-12/h3-9H,10H2,1-2H3,(H,18,19). The predicted molar refractivity (Wildman–Crippen MR) is 81.9 cm³/mol. The summed E-state index contributed by atoms with van der Waals surface area (Å²) in [6.45, 7) is 1.89. The molecule has 0 aliphatic rings. The van der Waals surface area contributed by atoms with Gasteiger partial charge in [-0.2, -0.15) is 0 Å². The van der Waals surface area contributed by atoms with Crippen LogP contribution in [-0.2, 0) is 16.4 Å². The Bertz CT molecular complexity index is 816. The fraction of sp³-hybridized carbons (Fsp3) is 0.188. The molecule has 0 bridgehead atoms. The number of hydrogen-bond donors (Lipinski definition) is 1. The van der Waals surface area contributed by atoms with E-state index in [1.165, 1.54) is 24.3 Å². The Labute approximate surface area is 128 Å². The van der Waals surface area contributed by atoms with Crippen molar-refractivity contribution in [2.45, 2.75) is 18.4 Å². The molecule has 22 heavy (non-hydrogen) atoms. The third-order valence-electron chi connectivity index (χ3n) is 3.22. The second-order valence-corrected chi connectivity index (χ2v) is 7.08. The van der Waals surface area contributed by atoms with Gasteiger partial charge in [0.1, 0.15) is 5.82 Å². The molecular weight excluding hydrogens is 305 g/mol. The first-order chi connectivity index (χ1) is 10.3. The molecule has 1 N–H and O–H groups in total. The van der Waals surface area contributed by atoms with Gasteiger partial charge < -0.3 is 5.32 Å². The molecule has 4 nitrogen and oxygen atoms in total. The number of sulfone groups is 1. The van der Waals surface area contributed by atoms with E-state index in [9.17, 15) is 17.6 Å². The summed E-state index contributed by atoms with van der Waals surface area (Å²) >= 11 is 0. The van der Waals surface area contributed by atoms with E-state index in [0.29, 0.717) is 16.7 Å². The molecule has 0 aliphatic heterocycles. The largest absolute Gasteiger partial charge is 0.348 e. The first kappa shape index (κ1) is 16.2. The zero-order chi connectivity index (χ0) is 16.3. The molecule has 1 amide bonds. The number of amides is 1. The monoisotopic (exact) mass is 321 g/mol. The zero-order valence-electron chi connectivity index (χ0n) is 12.3. The van der Waals surface area contributed by atoms with Crippen LogP contribution in [0.1, 0.15) is 21.5 Å². The molecule has 0 unspecified atom stereocenters. The number of carbonyl (C=O) groups is 1. The smallest absolute Gasteiger partial charge is 0.251 e. The van der Waals surface area contributed by atoms with Gasteiger partial charge in [-0.15, -0.1) is 0 Å². The Morgan fingerprint density at radius 2 is 1.91 bits per heavy atom. The van der Waals surface area contributed by atoms with Crippen molar-refractivity contribution in [3.05, 3.63) is 65.0 Å². The van der Waals surface area contributed by atoms with E-state index in [2.05, 4.69) is 5.32 Å². The van der Waals surface area contributed by atoms with Crippen LogP contribution in [0.3, 0.4) is 0 Å². The Morgan fingerprint density at radius 1 is 1.18 bits per heavy atom. The molecule has 0 radical (unpaired) electrons. The fourth-order valence-electron chi connectivity index (χ4n) is 2.00. The number of carbonyl (C=O) groups excluding carboxylic acids is 1. The summed E-state index contributed by atoms with van der Waals surface area (Å²) in [5, 5.41) is 2.66. The zero-order valence-corrected chi connectivity index (χ0v) is 13.1. The van der Waals surface area contributed by atoms with Crippen LogP contribution in [0.15, 0.2) is 47.4 Å². The van der Waals surface area contributed by atoms with Crippen molar-refractivity contribution in [3.63, 3.8) is 0 Å². The summed E-state index contributed by atoms with van der Waals surface area (Å²) in [6.07, 6.45) is 1.09. The van der Waals surface area contributed by atoms with E-state index in [1.54, 1.807) is 25.1 Å². The minimum atomic E-state index is -3.38. The lowest BCUT2D eigenvalue weighted by atomic mass is 10.1. The molecule has 2 aromatic carbocycles. The van der Waals surface area contributed by atoms with Crippen LogP contribution < -0.4 is 5.32 Å². The number of halogens is 1. The minimum absolute atomic E-state index is 0.0917. The molecule has 0 saturated carbocycles. The van der Waals surface area contributed by atoms with Crippen molar-refractivity contribution in [1.82, 2.24) is 5.32 Å². The van der Waals surface area contributed by atoms with Gasteiger partial charge in [-0.05, 0) is 42.3 Å². The molecule has 116 valence electrons. The number of benzene rings is 2. The fourth-order valence-corrected chi connectivity index (χ4v) is 2.65. The second kappa shape index (κ2) is 6.27. The van der Waals surface area contributed by atoms with E-state index in [1.807, 2.05) is 0 Å². The molecule has 6 heteroatoms. The van der Waals surface area contributed by atoms with E-state index < -0.39 is 15.7 Å². The Kier molecular flexibility index (Phi) is 4.61. The van der Waals surface area contributed by atoms with Crippen LogP contribution in [0.2, 0.25) is 0 Å². The van der Waals surface area contributed by atoms with Crippen molar-refractivity contribution >= 4 is 15.7 Å². The Morgan fingerprint density at radius 3 is 2.55 bits per heavy atom. The van der Waals surface area contributed by atoms with Crippen LogP contribution >= 0.6 is 0 Å². The third-order valence-corrected chi connectivity index (χ3v) is 4.33. The van der Waals surface area contributed by atoms with Crippen molar-refractivity contribution in [3.8, 4) is 0 Å². The summed E-state index contributed by atoms with van der Waals surface area (Å²) in [6, 6.07) is 10.3. The molecule has 0 fully saturated rings. The Hall–Kier alpha value is -2.21. The van der Waals surface area contributed by atoms with Gasteiger partial charge in [0.25, 0.3) is 5.91 Å². The lowest BCUT2D eigenvalue weighted by Gasteiger charge is -2.09. The first-order valence-electron chi connectivity index (χ1n) is 6.61. The Balaban J connectivity index is 2.19. The van der Waals surface area contributed by atoms with Gasteiger partial charge in [-0.3, -0.25) is 4.79 Å². The highest BCUT2D eigenvalue weighted by atomic mass is 32.2. The summed E-state index contributed by atoms with van der Waals surface area (Å²) < 4.78 is 36.2. The summed E-state index contributed by atoms with van der Waals surface area (Å²) in [7, 11) is -3.38. The van der Waals surface area contributed by atoms with Gasteiger partial charge in [0, 0.05) is 18.4 Å². The highest BCUT2D eigenvalue weighted by molar-refractivity contribution is 7.90. The average Bonchev–Trinajstić information content (AvgIpc) is 2.44.